The molecule has 0 saturated carbocycles. The summed E-state index contributed by atoms with van der Waals surface area (Å²) in [5.41, 5.74) is 1.78. The summed E-state index contributed by atoms with van der Waals surface area (Å²) in [5, 5.41) is 0. The quantitative estimate of drug-likeness (QED) is 0.768. The normalized spacial score (nSPS) is 15.0. The Hall–Kier alpha value is -1.51. The molecule has 86 valence electrons. The van der Waals surface area contributed by atoms with E-state index in [0.717, 1.165) is 18.4 Å². The van der Waals surface area contributed by atoms with Crippen LogP contribution in [0.5, 0.6) is 11.5 Å². The van der Waals surface area contributed by atoms with Gasteiger partial charge < -0.3 is 9.47 Å². The first-order chi connectivity index (χ1) is 7.76. The van der Waals surface area contributed by atoms with Crippen molar-refractivity contribution < 1.29 is 14.3 Å². The summed E-state index contributed by atoms with van der Waals surface area (Å²) < 4.78 is 10.9. The highest BCUT2D eigenvalue weighted by molar-refractivity contribution is 6.00. The van der Waals surface area contributed by atoms with Crippen molar-refractivity contribution in [1.29, 1.82) is 0 Å². The van der Waals surface area contributed by atoms with Crippen LogP contribution >= 0.6 is 0 Å². The minimum atomic E-state index is 0.154. The number of carbonyl (C=O) groups is 1. The lowest BCUT2D eigenvalue weighted by Gasteiger charge is -2.13. The molecule has 0 amide bonds. The first-order valence-electron chi connectivity index (χ1n) is 5.63. The van der Waals surface area contributed by atoms with Gasteiger partial charge in [-0.2, -0.15) is 0 Å². The maximum Gasteiger partial charge on any atom is 0.171 e. The molecule has 1 aromatic rings. The van der Waals surface area contributed by atoms with Gasteiger partial charge >= 0.3 is 0 Å². The van der Waals surface area contributed by atoms with E-state index in [4.69, 9.17) is 9.47 Å². The molecule has 0 fully saturated rings. The highest BCUT2D eigenvalue weighted by Gasteiger charge is 2.21. The van der Waals surface area contributed by atoms with Gasteiger partial charge in [-0.25, -0.2) is 0 Å². The Morgan fingerprint density at radius 1 is 1.44 bits per heavy atom. The van der Waals surface area contributed by atoms with E-state index in [-0.39, 0.29) is 5.78 Å². The Morgan fingerprint density at radius 3 is 2.94 bits per heavy atom. The Kier molecular flexibility index (Phi) is 3.13. The van der Waals surface area contributed by atoms with Gasteiger partial charge in [0.25, 0.3) is 0 Å². The highest BCUT2D eigenvalue weighted by Crippen LogP contribution is 2.35. The first kappa shape index (κ1) is 11.0. The Morgan fingerprint density at radius 2 is 2.25 bits per heavy atom. The van der Waals surface area contributed by atoms with Crippen LogP contribution in [-0.2, 0) is 6.42 Å². The standard InChI is InChI=1S/C13H16O3/c1-3-9-7-10-11(14)5-4-6-16-13(10)12(8-9)15-2/h7-8H,3-6H2,1-2H3. The number of ketones is 1. The number of hydrogen-bond donors (Lipinski definition) is 0. The predicted octanol–water partition coefficient (Wildman–Crippen LogP) is 2.61. The van der Waals surface area contributed by atoms with Crippen molar-refractivity contribution in [1.82, 2.24) is 0 Å². The molecule has 0 aromatic heterocycles. The van der Waals surface area contributed by atoms with Crippen LogP contribution in [-0.4, -0.2) is 19.5 Å². The SMILES string of the molecule is CCc1cc(OC)c2c(c1)C(=O)CCCO2. The first-order valence-corrected chi connectivity index (χ1v) is 5.63. The van der Waals surface area contributed by atoms with E-state index in [1.165, 1.54) is 0 Å². The number of carbonyl (C=O) groups excluding carboxylic acids is 1. The van der Waals surface area contributed by atoms with Crippen molar-refractivity contribution in [3.63, 3.8) is 0 Å². The molecular weight excluding hydrogens is 204 g/mol. The number of benzene rings is 1. The van der Waals surface area contributed by atoms with Crippen molar-refractivity contribution in [2.75, 3.05) is 13.7 Å². The van der Waals surface area contributed by atoms with E-state index in [1.54, 1.807) is 7.11 Å². The molecule has 0 spiro atoms. The van der Waals surface area contributed by atoms with Crippen LogP contribution in [0.4, 0.5) is 0 Å². The zero-order valence-corrected chi connectivity index (χ0v) is 9.71. The molecule has 1 aromatic carbocycles. The number of methoxy groups -OCH3 is 1. The molecule has 0 saturated heterocycles. The lowest BCUT2D eigenvalue weighted by molar-refractivity contribution is 0.0983. The maximum absolute atomic E-state index is 11.9. The molecule has 0 N–H and O–H groups in total. The van der Waals surface area contributed by atoms with E-state index >= 15 is 0 Å². The van der Waals surface area contributed by atoms with Crippen molar-refractivity contribution in [2.24, 2.45) is 0 Å². The summed E-state index contributed by atoms with van der Waals surface area (Å²) in [4.78, 5) is 11.9. The summed E-state index contributed by atoms with van der Waals surface area (Å²) in [6, 6.07) is 3.86. The van der Waals surface area contributed by atoms with Crippen molar-refractivity contribution in [3.05, 3.63) is 23.3 Å². The van der Waals surface area contributed by atoms with Crippen molar-refractivity contribution in [3.8, 4) is 11.5 Å². The lowest BCUT2D eigenvalue weighted by atomic mass is 10.0. The van der Waals surface area contributed by atoms with Gasteiger partial charge in [0.1, 0.15) is 0 Å². The fourth-order valence-corrected chi connectivity index (χ4v) is 1.91. The topological polar surface area (TPSA) is 35.5 Å². The van der Waals surface area contributed by atoms with Crippen molar-refractivity contribution in [2.45, 2.75) is 26.2 Å². The molecule has 0 unspecified atom stereocenters. The molecular formula is C13H16O3. The van der Waals surface area contributed by atoms with Crippen LogP contribution in [0.2, 0.25) is 0 Å². The van der Waals surface area contributed by atoms with E-state index in [0.29, 0.717) is 30.1 Å². The number of aryl methyl sites for hydroxylation is 1. The van der Waals surface area contributed by atoms with Crippen molar-refractivity contribution >= 4 is 5.78 Å². The largest absolute Gasteiger partial charge is 0.493 e. The van der Waals surface area contributed by atoms with Gasteiger partial charge in [-0.05, 0) is 30.5 Å². The van der Waals surface area contributed by atoms with Gasteiger partial charge in [-0.1, -0.05) is 6.92 Å². The van der Waals surface area contributed by atoms with E-state index in [9.17, 15) is 4.79 Å². The van der Waals surface area contributed by atoms with E-state index in [1.807, 2.05) is 12.1 Å². The lowest BCUT2D eigenvalue weighted by Crippen LogP contribution is -2.01. The van der Waals surface area contributed by atoms with Crippen LogP contribution in [0, 0.1) is 0 Å². The molecule has 0 bridgehead atoms. The third-order valence-corrected chi connectivity index (χ3v) is 2.84. The summed E-state index contributed by atoms with van der Waals surface area (Å²) in [5.74, 6) is 1.44. The predicted molar refractivity (Wildman–Crippen MR) is 61.4 cm³/mol. The molecule has 1 heterocycles. The summed E-state index contributed by atoms with van der Waals surface area (Å²) >= 11 is 0. The fourth-order valence-electron chi connectivity index (χ4n) is 1.91. The fraction of sp³-hybridized carbons (Fsp3) is 0.462. The summed E-state index contributed by atoms with van der Waals surface area (Å²) in [6.45, 7) is 2.64. The van der Waals surface area contributed by atoms with E-state index < -0.39 is 0 Å². The second kappa shape index (κ2) is 4.56. The Balaban J connectivity index is 2.56. The van der Waals surface area contributed by atoms with Gasteiger partial charge in [-0.15, -0.1) is 0 Å². The van der Waals surface area contributed by atoms with Gasteiger partial charge in [0, 0.05) is 6.42 Å². The summed E-state index contributed by atoms with van der Waals surface area (Å²) in [6.07, 6.45) is 2.22. The molecule has 2 rings (SSSR count). The number of hydrogen-bond acceptors (Lipinski definition) is 3. The Bertz CT molecular complexity index is 410. The average Bonchev–Trinajstić information content (AvgIpc) is 2.50. The number of ether oxygens (including phenoxy) is 2. The molecule has 16 heavy (non-hydrogen) atoms. The second-order valence-electron chi connectivity index (χ2n) is 3.90. The van der Waals surface area contributed by atoms with Crippen LogP contribution in [0.15, 0.2) is 12.1 Å². The van der Waals surface area contributed by atoms with Crippen LogP contribution in [0.3, 0.4) is 0 Å². The second-order valence-corrected chi connectivity index (χ2v) is 3.90. The third kappa shape index (κ3) is 1.90. The average molecular weight is 220 g/mol. The van der Waals surface area contributed by atoms with Gasteiger partial charge in [0.15, 0.2) is 17.3 Å². The minimum Gasteiger partial charge on any atom is -0.493 e. The van der Waals surface area contributed by atoms with Gasteiger partial charge in [0.2, 0.25) is 0 Å². The monoisotopic (exact) mass is 220 g/mol. The zero-order valence-electron chi connectivity index (χ0n) is 9.71. The molecule has 1 aliphatic heterocycles. The third-order valence-electron chi connectivity index (χ3n) is 2.84. The molecule has 3 nitrogen and oxygen atoms in total. The number of Topliss-reactive ketones (excluding diaryl/α,β-unsaturated/α-hetero) is 1. The highest BCUT2D eigenvalue weighted by atomic mass is 16.5. The zero-order chi connectivity index (χ0) is 11.5. The maximum atomic E-state index is 11.9. The molecule has 0 radical (unpaired) electrons. The molecule has 1 aliphatic rings. The molecule has 3 heteroatoms. The smallest absolute Gasteiger partial charge is 0.171 e. The minimum absolute atomic E-state index is 0.154. The Labute approximate surface area is 95.4 Å². The van der Waals surface area contributed by atoms with Gasteiger partial charge in [0.05, 0.1) is 19.3 Å². The molecule has 0 aliphatic carbocycles. The number of rotatable bonds is 2. The summed E-state index contributed by atoms with van der Waals surface area (Å²) in [7, 11) is 1.60. The number of fused-ring (bicyclic) bond motifs is 1. The van der Waals surface area contributed by atoms with Crippen LogP contribution < -0.4 is 9.47 Å². The van der Waals surface area contributed by atoms with Gasteiger partial charge in [-0.3, -0.25) is 4.79 Å². The van der Waals surface area contributed by atoms with E-state index in [2.05, 4.69) is 6.92 Å². The van der Waals surface area contributed by atoms with Crippen LogP contribution in [0.25, 0.3) is 0 Å². The molecule has 0 atom stereocenters. The van der Waals surface area contributed by atoms with Crippen LogP contribution in [0.1, 0.15) is 35.7 Å².